The van der Waals surface area contributed by atoms with E-state index >= 15 is 0 Å². The monoisotopic (exact) mass is 391 g/mol. The number of alkyl halides is 3. The average Bonchev–Trinajstić information content (AvgIpc) is 3.33. The van der Waals surface area contributed by atoms with Gasteiger partial charge in [-0.1, -0.05) is 0 Å². The molecule has 28 heavy (non-hydrogen) atoms. The predicted octanol–water partition coefficient (Wildman–Crippen LogP) is 2.24. The van der Waals surface area contributed by atoms with Crippen LogP contribution < -0.4 is 11.3 Å². The molecule has 146 valence electrons. The van der Waals surface area contributed by atoms with Crippen molar-refractivity contribution < 1.29 is 18.0 Å². The number of aromatic nitrogens is 4. The summed E-state index contributed by atoms with van der Waals surface area (Å²) in [6.07, 6.45) is -2.94. The Labute approximate surface area is 156 Å². The summed E-state index contributed by atoms with van der Waals surface area (Å²) in [6.45, 7) is 1.65. The molecule has 0 aliphatic heterocycles. The van der Waals surface area contributed by atoms with Gasteiger partial charge in [0.1, 0.15) is 11.3 Å². The van der Waals surface area contributed by atoms with Gasteiger partial charge in [0.05, 0.1) is 12.2 Å². The molecule has 10 heteroatoms. The number of rotatable bonds is 4. The number of carbonyl (C=O) groups is 1. The number of aryl methyl sites for hydroxylation is 1. The van der Waals surface area contributed by atoms with Crippen LogP contribution in [-0.4, -0.2) is 25.1 Å². The Morgan fingerprint density at radius 3 is 2.57 bits per heavy atom. The molecular weight excluding hydrogens is 375 g/mol. The molecule has 1 fully saturated rings. The third-order valence-electron chi connectivity index (χ3n) is 4.62. The molecular formula is C18H16F3N5O2. The summed E-state index contributed by atoms with van der Waals surface area (Å²) in [5.41, 5.74) is 5.45. The zero-order valence-electron chi connectivity index (χ0n) is 14.8. The van der Waals surface area contributed by atoms with Crippen LogP contribution in [0.1, 0.15) is 51.9 Å². The minimum atomic E-state index is -4.54. The van der Waals surface area contributed by atoms with E-state index in [-0.39, 0.29) is 29.5 Å². The highest BCUT2D eigenvalue weighted by Gasteiger charge is 2.37. The highest BCUT2D eigenvalue weighted by atomic mass is 19.4. The summed E-state index contributed by atoms with van der Waals surface area (Å²) in [7, 11) is 0. The summed E-state index contributed by atoms with van der Waals surface area (Å²) in [6, 6.07) is 5.32. The number of hydrogen-bond donors (Lipinski definition) is 1. The van der Waals surface area contributed by atoms with Crippen molar-refractivity contribution in [3.8, 4) is 0 Å². The van der Waals surface area contributed by atoms with Crippen molar-refractivity contribution in [3.05, 3.63) is 63.0 Å². The van der Waals surface area contributed by atoms with Crippen molar-refractivity contribution in [2.75, 3.05) is 0 Å². The lowest BCUT2D eigenvalue weighted by Gasteiger charge is -2.10. The first kappa shape index (κ1) is 18.2. The maximum Gasteiger partial charge on any atom is 0.435 e. The van der Waals surface area contributed by atoms with E-state index in [4.69, 9.17) is 5.73 Å². The fourth-order valence-corrected chi connectivity index (χ4v) is 3.23. The number of pyridine rings is 1. The molecule has 0 aromatic carbocycles. The molecule has 1 aliphatic rings. The third-order valence-corrected chi connectivity index (χ3v) is 4.62. The Bertz CT molecular complexity index is 1160. The highest BCUT2D eigenvalue weighted by Crippen LogP contribution is 2.42. The van der Waals surface area contributed by atoms with Crippen LogP contribution in [0.15, 0.2) is 29.1 Å². The van der Waals surface area contributed by atoms with Gasteiger partial charge >= 0.3 is 6.18 Å². The molecule has 2 N–H and O–H groups in total. The van der Waals surface area contributed by atoms with E-state index < -0.39 is 23.3 Å². The molecule has 0 bridgehead atoms. The minimum absolute atomic E-state index is 0.00355. The second kappa shape index (κ2) is 6.18. The van der Waals surface area contributed by atoms with Crippen molar-refractivity contribution in [2.24, 2.45) is 5.73 Å². The van der Waals surface area contributed by atoms with E-state index in [1.54, 1.807) is 13.0 Å². The van der Waals surface area contributed by atoms with Crippen molar-refractivity contribution >= 4 is 11.6 Å². The first-order chi connectivity index (χ1) is 13.1. The normalized spacial score (nSPS) is 14.6. The fraction of sp³-hybridized carbons (Fsp3) is 0.333. The summed E-state index contributed by atoms with van der Waals surface area (Å²) in [5.74, 6) is -0.739. The lowest BCUT2D eigenvalue weighted by Crippen LogP contribution is -2.25. The molecule has 3 aromatic rings. The Morgan fingerprint density at radius 1 is 1.25 bits per heavy atom. The predicted molar refractivity (Wildman–Crippen MR) is 93.0 cm³/mol. The molecule has 4 rings (SSSR count). The molecule has 1 saturated carbocycles. The Balaban J connectivity index is 1.80. The molecule has 3 heterocycles. The van der Waals surface area contributed by atoms with Gasteiger partial charge in [0.2, 0.25) is 0 Å². The zero-order chi connectivity index (χ0) is 20.2. The van der Waals surface area contributed by atoms with Gasteiger partial charge in [-0.3, -0.25) is 18.7 Å². The van der Waals surface area contributed by atoms with E-state index in [1.807, 2.05) is 0 Å². The van der Waals surface area contributed by atoms with Crippen LogP contribution in [0.3, 0.4) is 0 Å². The molecule has 0 unspecified atom stereocenters. The number of hydrogen-bond acceptors (Lipinski definition) is 4. The van der Waals surface area contributed by atoms with E-state index in [0.717, 1.165) is 23.3 Å². The maximum atomic E-state index is 13.1. The van der Waals surface area contributed by atoms with Gasteiger partial charge in [-0.15, -0.1) is 0 Å². The smallest absolute Gasteiger partial charge is 0.364 e. The van der Waals surface area contributed by atoms with Gasteiger partial charge in [0.15, 0.2) is 5.69 Å². The molecule has 0 saturated heterocycles. The summed E-state index contributed by atoms with van der Waals surface area (Å²) in [5, 5.41) is 3.68. The fourth-order valence-electron chi connectivity index (χ4n) is 3.23. The first-order valence-electron chi connectivity index (χ1n) is 8.61. The molecule has 0 spiro atoms. The standard InChI is InChI=1S/C18H16F3N5O2/c1-9-4-13(17(22)28)26-15(5-9)23-11(6-16(26)27)8-25-12(10-2-3-10)7-14(24-25)18(19,20)21/h4-7,10H,2-3,8H2,1H3,(H2,22,28). The van der Waals surface area contributed by atoms with E-state index in [9.17, 15) is 22.8 Å². The summed E-state index contributed by atoms with van der Waals surface area (Å²) in [4.78, 5) is 28.5. The quantitative estimate of drug-likeness (QED) is 0.738. The molecule has 0 atom stereocenters. The number of nitrogens with two attached hydrogens (primary N) is 1. The zero-order valence-corrected chi connectivity index (χ0v) is 14.8. The highest BCUT2D eigenvalue weighted by molar-refractivity contribution is 5.92. The van der Waals surface area contributed by atoms with Crippen molar-refractivity contribution in [1.82, 2.24) is 19.2 Å². The van der Waals surface area contributed by atoms with Gasteiger partial charge in [-0.05, 0) is 43.5 Å². The summed E-state index contributed by atoms with van der Waals surface area (Å²) >= 11 is 0. The molecule has 3 aromatic heterocycles. The third kappa shape index (κ3) is 3.25. The number of primary amides is 1. The first-order valence-corrected chi connectivity index (χ1v) is 8.61. The van der Waals surface area contributed by atoms with Crippen LogP contribution >= 0.6 is 0 Å². The maximum absolute atomic E-state index is 13.1. The molecule has 0 radical (unpaired) electrons. The Morgan fingerprint density at radius 2 is 1.96 bits per heavy atom. The number of nitrogens with zero attached hydrogens (tertiary/aromatic N) is 4. The van der Waals surface area contributed by atoms with Gasteiger partial charge < -0.3 is 5.73 Å². The number of amides is 1. The van der Waals surface area contributed by atoms with Crippen LogP contribution in [-0.2, 0) is 12.7 Å². The second-order valence-corrected chi connectivity index (χ2v) is 6.95. The largest absolute Gasteiger partial charge is 0.435 e. The lowest BCUT2D eigenvalue weighted by atomic mass is 10.2. The van der Waals surface area contributed by atoms with Crippen molar-refractivity contribution in [1.29, 1.82) is 0 Å². The van der Waals surface area contributed by atoms with E-state index in [0.29, 0.717) is 11.3 Å². The van der Waals surface area contributed by atoms with Gasteiger partial charge in [-0.2, -0.15) is 18.3 Å². The number of halogens is 3. The van der Waals surface area contributed by atoms with Gasteiger partial charge in [0, 0.05) is 17.7 Å². The van der Waals surface area contributed by atoms with Crippen LogP contribution in [0.25, 0.3) is 5.65 Å². The van der Waals surface area contributed by atoms with Crippen LogP contribution in [0.4, 0.5) is 13.2 Å². The van der Waals surface area contributed by atoms with Crippen molar-refractivity contribution in [3.63, 3.8) is 0 Å². The number of carbonyl (C=O) groups excluding carboxylic acids is 1. The van der Waals surface area contributed by atoms with Crippen LogP contribution in [0.5, 0.6) is 0 Å². The van der Waals surface area contributed by atoms with Crippen LogP contribution in [0, 0.1) is 6.92 Å². The van der Waals surface area contributed by atoms with E-state index in [1.165, 1.54) is 16.8 Å². The minimum Gasteiger partial charge on any atom is -0.364 e. The topological polar surface area (TPSA) is 95.3 Å². The molecule has 1 aliphatic carbocycles. The van der Waals surface area contributed by atoms with Crippen molar-refractivity contribution in [2.45, 2.75) is 38.4 Å². The Hall–Kier alpha value is -3.17. The molecule has 1 amide bonds. The second-order valence-electron chi connectivity index (χ2n) is 6.95. The molecule has 7 nitrogen and oxygen atoms in total. The van der Waals surface area contributed by atoms with Crippen LogP contribution in [0.2, 0.25) is 0 Å². The van der Waals surface area contributed by atoms with Gasteiger partial charge in [-0.25, -0.2) is 4.98 Å². The number of fused-ring (bicyclic) bond motifs is 1. The van der Waals surface area contributed by atoms with Gasteiger partial charge in [0.25, 0.3) is 11.5 Å². The lowest BCUT2D eigenvalue weighted by molar-refractivity contribution is -0.141. The SMILES string of the molecule is Cc1cc(C(N)=O)n2c(=O)cc(Cn3nc(C(F)(F)F)cc3C3CC3)nc2c1. The average molecular weight is 391 g/mol. The summed E-state index contributed by atoms with van der Waals surface area (Å²) < 4.78 is 41.5. The van der Waals surface area contributed by atoms with E-state index in [2.05, 4.69) is 10.1 Å². The Kier molecular flexibility index (Phi) is 4.02.